The van der Waals surface area contributed by atoms with Gasteiger partial charge >= 0.3 is 0 Å². The second-order valence-corrected chi connectivity index (χ2v) is 20.1. The van der Waals surface area contributed by atoms with Crippen LogP contribution in [-0.4, -0.2) is 18.7 Å². The Morgan fingerprint density at radius 2 is 0.608 bits per heavy atom. The average molecular weight is 1010 g/mol. The molecule has 0 fully saturated rings. The Labute approximate surface area is 455 Å². The number of pyridine rings is 1. The minimum Gasteiger partial charge on any atom is -0.305 e. The molecule has 79 heavy (non-hydrogen) atoms. The second-order valence-electron chi connectivity index (χ2n) is 20.1. The Kier molecular flexibility index (Phi) is 10.5. The zero-order valence-corrected chi connectivity index (χ0v) is 42.6. The van der Waals surface area contributed by atoms with E-state index in [0.29, 0.717) is 17.2 Å². The zero-order chi connectivity index (χ0) is 52.6. The number of para-hydroxylation sites is 3. The maximum absolute atomic E-state index is 10.9. The highest BCUT2D eigenvalue weighted by molar-refractivity contribution is 6.16. The van der Waals surface area contributed by atoms with Gasteiger partial charge in [-0.3, -0.25) is 9.13 Å². The number of fused-ring (bicyclic) bond motifs is 9. The number of benzene rings is 11. The van der Waals surface area contributed by atoms with Crippen molar-refractivity contribution < 1.29 is 0 Å². The Morgan fingerprint density at radius 1 is 0.253 bits per heavy atom. The summed E-state index contributed by atoms with van der Waals surface area (Å²) in [5.74, 6) is 1.40. The lowest BCUT2D eigenvalue weighted by molar-refractivity contribution is 0.987. The quantitative estimate of drug-likeness (QED) is 0.152. The number of hydrogen-bond acceptors (Lipinski definition) is 3. The summed E-state index contributed by atoms with van der Waals surface area (Å²) in [5, 5.41) is 28.0. The monoisotopic (exact) mass is 1000 g/mol. The summed E-state index contributed by atoms with van der Waals surface area (Å²) in [6.07, 6.45) is 0. The van der Waals surface area contributed by atoms with E-state index in [-0.39, 0.29) is 5.56 Å². The predicted octanol–water partition coefficient (Wildman–Crippen LogP) is 18.5. The van der Waals surface area contributed by atoms with Crippen LogP contribution in [0.2, 0.25) is 0 Å². The van der Waals surface area contributed by atoms with Gasteiger partial charge in [-0.25, -0.2) is 4.98 Å². The molecule has 0 saturated carbocycles. The molecule has 0 bridgehead atoms. The number of nitrogens with zero attached hydrogens (tertiary/aromatic N) is 6. The van der Waals surface area contributed by atoms with E-state index in [0.717, 1.165) is 127 Å². The first-order chi connectivity index (χ1) is 39.1. The minimum atomic E-state index is 0.287. The van der Waals surface area contributed by atoms with Crippen LogP contribution >= 0.6 is 0 Å². The maximum Gasteiger partial charge on any atom is 0.165 e. The fourth-order valence-corrected chi connectivity index (χ4v) is 12.2. The lowest BCUT2D eigenvalue weighted by Crippen LogP contribution is -2.13. The molecule has 366 valence electrons. The van der Waals surface area contributed by atoms with Crippen LogP contribution in [0.3, 0.4) is 0 Å². The number of rotatable bonds is 8. The van der Waals surface area contributed by atoms with Gasteiger partial charge in [0.2, 0.25) is 0 Å². The van der Waals surface area contributed by atoms with E-state index in [9.17, 15) is 10.5 Å². The molecule has 4 aromatic heterocycles. The molecule has 6 nitrogen and oxygen atoms in total. The molecule has 0 unspecified atom stereocenters. The van der Waals surface area contributed by atoms with Crippen molar-refractivity contribution in [2.24, 2.45) is 0 Å². The first-order valence-corrected chi connectivity index (χ1v) is 26.5. The van der Waals surface area contributed by atoms with Crippen LogP contribution in [0.4, 0.5) is 0 Å². The van der Waals surface area contributed by atoms with Crippen molar-refractivity contribution in [1.29, 1.82) is 10.5 Å². The normalized spacial score (nSPS) is 11.5. The van der Waals surface area contributed by atoms with Crippen LogP contribution in [0.1, 0.15) is 11.1 Å². The summed E-state index contributed by atoms with van der Waals surface area (Å²) in [6.45, 7) is 0. The summed E-state index contributed by atoms with van der Waals surface area (Å²) >= 11 is 0. The Balaban J connectivity index is 1.18. The molecule has 0 saturated heterocycles. The number of hydrogen-bond donors (Lipinski definition) is 0. The van der Waals surface area contributed by atoms with Gasteiger partial charge in [0.05, 0.1) is 49.9 Å². The fourth-order valence-electron chi connectivity index (χ4n) is 12.2. The highest BCUT2D eigenvalue weighted by Gasteiger charge is 2.31. The van der Waals surface area contributed by atoms with Crippen LogP contribution in [0.15, 0.2) is 267 Å². The van der Waals surface area contributed by atoms with Crippen LogP contribution < -0.4 is 0 Å². The molecular formula is C73H44N6. The molecule has 0 amide bonds. The highest BCUT2D eigenvalue weighted by atomic mass is 15.2. The Bertz CT molecular complexity index is 5010. The molecule has 0 spiro atoms. The maximum atomic E-state index is 10.9. The van der Waals surface area contributed by atoms with E-state index in [1.807, 2.05) is 18.2 Å². The molecule has 0 aliphatic rings. The van der Waals surface area contributed by atoms with Crippen LogP contribution in [0.25, 0.3) is 138 Å². The highest BCUT2D eigenvalue weighted by Crippen LogP contribution is 2.50. The first kappa shape index (κ1) is 45.4. The van der Waals surface area contributed by atoms with Gasteiger partial charge in [-0.2, -0.15) is 10.5 Å². The molecular weight excluding hydrogens is 961 g/mol. The lowest BCUT2D eigenvalue weighted by Gasteiger charge is -2.26. The summed E-state index contributed by atoms with van der Waals surface area (Å²) < 4.78 is 7.09. The van der Waals surface area contributed by atoms with E-state index >= 15 is 0 Å². The van der Waals surface area contributed by atoms with Crippen molar-refractivity contribution in [1.82, 2.24) is 18.7 Å². The largest absolute Gasteiger partial charge is 0.305 e. The van der Waals surface area contributed by atoms with Gasteiger partial charge < -0.3 is 4.57 Å². The van der Waals surface area contributed by atoms with Gasteiger partial charge in [0.1, 0.15) is 18.0 Å². The van der Waals surface area contributed by atoms with Crippen LogP contribution in [0, 0.1) is 22.7 Å². The van der Waals surface area contributed by atoms with Gasteiger partial charge in [-0.05, 0) is 111 Å². The molecule has 0 aliphatic carbocycles. The van der Waals surface area contributed by atoms with Gasteiger partial charge in [-0.1, -0.05) is 200 Å². The minimum absolute atomic E-state index is 0.287. The Morgan fingerprint density at radius 3 is 1.05 bits per heavy atom. The van der Waals surface area contributed by atoms with E-state index in [1.54, 1.807) is 6.07 Å². The van der Waals surface area contributed by atoms with Crippen molar-refractivity contribution in [3.8, 4) is 85.1 Å². The topological polar surface area (TPSA) is 75.3 Å². The fraction of sp³-hybridized carbons (Fsp3) is 0. The standard InChI is InChI=1S/C73H44N6/c74-45-55-34-33-54(41-56(55)46-75)69-70(50-25-11-4-12-26-50)72(78-64-31-17-14-28-58(64)61-43-52(36-39-67(61)78)48-21-7-2-8-22-48)76-73(79-65-32-18-15-29-59(65)62-44-53(37-40-68(62)79)49-23-9-3-10-24-49)71(69)77-63-30-16-13-27-57(63)60-42-51(35-38-66(60)77)47-19-5-1-6-20-47/h1-44H. The van der Waals surface area contributed by atoms with Crippen LogP contribution in [0.5, 0.6) is 0 Å². The third-order valence-electron chi connectivity index (χ3n) is 15.7. The lowest BCUT2D eigenvalue weighted by atomic mass is 9.91. The first-order valence-electron chi connectivity index (χ1n) is 26.5. The van der Waals surface area contributed by atoms with Crippen molar-refractivity contribution in [3.63, 3.8) is 0 Å². The van der Waals surface area contributed by atoms with Crippen molar-refractivity contribution >= 4 is 65.4 Å². The Hall–Kier alpha value is -11.1. The van der Waals surface area contributed by atoms with Crippen LogP contribution in [-0.2, 0) is 0 Å². The SMILES string of the molecule is N#Cc1ccc(-c2c(-c3ccccc3)c(-n3c4ccccc4c4cc(-c5ccccc5)ccc43)nc(-n3c4ccccc4c4cc(-c5ccccc5)ccc43)c2-n2c3ccccc3c3cc(-c4ccccc4)ccc32)cc1C#N. The summed E-state index contributed by atoms with van der Waals surface area (Å²) in [4.78, 5) is 6.28. The number of nitriles is 2. The summed E-state index contributed by atoms with van der Waals surface area (Å²) in [6, 6.07) is 98.8. The molecule has 15 rings (SSSR count). The summed E-state index contributed by atoms with van der Waals surface area (Å²) in [5.41, 5.74) is 17.5. The third kappa shape index (κ3) is 7.21. The molecule has 0 N–H and O–H groups in total. The predicted molar refractivity (Wildman–Crippen MR) is 324 cm³/mol. The smallest absolute Gasteiger partial charge is 0.165 e. The van der Waals surface area contributed by atoms with Gasteiger partial charge in [-0.15, -0.1) is 0 Å². The second kappa shape index (κ2) is 18.4. The molecule has 15 aromatic rings. The van der Waals surface area contributed by atoms with E-state index < -0.39 is 0 Å². The molecule has 4 heterocycles. The molecule has 0 aliphatic heterocycles. The third-order valence-corrected chi connectivity index (χ3v) is 15.7. The van der Waals surface area contributed by atoms with Crippen molar-refractivity contribution in [2.75, 3.05) is 0 Å². The molecule has 11 aromatic carbocycles. The van der Waals surface area contributed by atoms with Crippen molar-refractivity contribution in [3.05, 3.63) is 278 Å². The average Bonchev–Trinajstić information content (AvgIpc) is 4.18. The molecule has 0 radical (unpaired) electrons. The van der Waals surface area contributed by atoms with Gasteiger partial charge in [0.25, 0.3) is 0 Å². The van der Waals surface area contributed by atoms with E-state index in [2.05, 4.69) is 268 Å². The van der Waals surface area contributed by atoms with E-state index in [1.165, 1.54) is 0 Å². The van der Waals surface area contributed by atoms with Crippen molar-refractivity contribution in [2.45, 2.75) is 0 Å². The van der Waals surface area contributed by atoms with Gasteiger partial charge in [0.15, 0.2) is 5.82 Å². The molecule has 6 heteroatoms. The van der Waals surface area contributed by atoms with Gasteiger partial charge in [0, 0.05) is 43.4 Å². The summed E-state index contributed by atoms with van der Waals surface area (Å²) in [7, 11) is 0. The van der Waals surface area contributed by atoms with E-state index in [4.69, 9.17) is 4.98 Å². The zero-order valence-electron chi connectivity index (χ0n) is 42.6. The number of aromatic nitrogens is 4. The molecule has 0 atom stereocenters.